The molecule has 0 saturated heterocycles. The summed E-state index contributed by atoms with van der Waals surface area (Å²) in [5, 5.41) is 0. The zero-order valence-corrected chi connectivity index (χ0v) is 8.62. The van der Waals surface area contributed by atoms with Crippen molar-refractivity contribution in [3.8, 4) is 0 Å². The Morgan fingerprint density at radius 1 is 1.50 bits per heavy atom. The molecule has 12 heavy (non-hydrogen) atoms. The van der Waals surface area contributed by atoms with Crippen LogP contribution in [0.2, 0.25) is 0 Å². The fourth-order valence-electron chi connectivity index (χ4n) is 0.579. The Morgan fingerprint density at radius 2 is 2.17 bits per heavy atom. The summed E-state index contributed by atoms with van der Waals surface area (Å²) in [7, 11) is -3.18. The molecule has 0 atom stereocenters. The van der Waals surface area contributed by atoms with Gasteiger partial charge in [-0.2, -0.15) is 0 Å². The van der Waals surface area contributed by atoms with Crippen molar-refractivity contribution in [2.75, 3.05) is 31.4 Å². The number of sulfonamides is 1. The highest BCUT2D eigenvalue weighted by Gasteiger charge is 2.07. The van der Waals surface area contributed by atoms with Crippen LogP contribution >= 0.6 is 11.6 Å². The lowest BCUT2D eigenvalue weighted by Gasteiger charge is -2.04. The molecule has 0 rings (SSSR count). The van der Waals surface area contributed by atoms with Gasteiger partial charge in [-0.15, -0.1) is 11.6 Å². The Bertz CT molecular complexity index is 193. The molecule has 74 valence electrons. The second kappa shape index (κ2) is 6.65. The van der Waals surface area contributed by atoms with Crippen LogP contribution in [0.5, 0.6) is 0 Å². The van der Waals surface area contributed by atoms with Gasteiger partial charge in [0.15, 0.2) is 0 Å². The van der Waals surface area contributed by atoms with Crippen molar-refractivity contribution < 1.29 is 13.2 Å². The molecule has 4 nitrogen and oxygen atoms in total. The fraction of sp³-hybridized carbons (Fsp3) is 1.00. The van der Waals surface area contributed by atoms with Gasteiger partial charge in [-0.3, -0.25) is 0 Å². The molecule has 0 fully saturated rings. The summed E-state index contributed by atoms with van der Waals surface area (Å²) >= 11 is 5.31. The third-order valence-corrected chi connectivity index (χ3v) is 2.65. The van der Waals surface area contributed by atoms with Crippen LogP contribution in [0.4, 0.5) is 0 Å². The smallest absolute Gasteiger partial charge is 0.213 e. The van der Waals surface area contributed by atoms with E-state index in [9.17, 15) is 8.42 Å². The minimum absolute atomic E-state index is 0.00225. The van der Waals surface area contributed by atoms with E-state index in [1.54, 1.807) is 0 Å². The van der Waals surface area contributed by atoms with E-state index in [2.05, 4.69) is 4.72 Å². The largest absolute Gasteiger partial charge is 0.381 e. The van der Waals surface area contributed by atoms with Crippen LogP contribution in [0, 0.1) is 0 Å². The van der Waals surface area contributed by atoms with Gasteiger partial charge in [0.25, 0.3) is 0 Å². The number of alkyl halides is 1. The van der Waals surface area contributed by atoms with Crippen molar-refractivity contribution in [1.82, 2.24) is 4.72 Å². The molecular weight excluding hydrogens is 202 g/mol. The van der Waals surface area contributed by atoms with Crippen LogP contribution in [-0.2, 0) is 14.8 Å². The number of halogens is 1. The summed E-state index contributed by atoms with van der Waals surface area (Å²) < 4.78 is 29.3. The molecule has 6 heteroatoms. The van der Waals surface area contributed by atoms with Gasteiger partial charge in [0, 0.05) is 19.0 Å². The third-order valence-electron chi connectivity index (χ3n) is 1.12. The van der Waals surface area contributed by atoms with Crippen molar-refractivity contribution >= 4 is 21.6 Å². The Labute approximate surface area is 78.3 Å². The quantitative estimate of drug-likeness (QED) is 0.487. The first-order valence-electron chi connectivity index (χ1n) is 3.73. The molecule has 0 aliphatic rings. The molecule has 0 saturated carbocycles. The predicted molar refractivity (Wildman–Crippen MR) is 49.0 cm³/mol. The van der Waals surface area contributed by atoms with E-state index in [1.165, 1.54) is 0 Å². The minimum atomic E-state index is -3.18. The van der Waals surface area contributed by atoms with E-state index in [-0.39, 0.29) is 24.8 Å². The zero-order chi connectivity index (χ0) is 9.45. The van der Waals surface area contributed by atoms with Crippen molar-refractivity contribution in [3.05, 3.63) is 0 Å². The van der Waals surface area contributed by atoms with Crippen LogP contribution in [0.1, 0.15) is 6.92 Å². The number of hydrogen-bond donors (Lipinski definition) is 1. The maximum absolute atomic E-state index is 11.0. The number of nitrogens with one attached hydrogen (secondary N) is 1. The molecule has 0 aliphatic carbocycles. The molecule has 0 unspecified atom stereocenters. The van der Waals surface area contributed by atoms with Crippen molar-refractivity contribution in [3.63, 3.8) is 0 Å². The first kappa shape index (κ1) is 12.2. The molecule has 0 aromatic rings. The second-order valence-electron chi connectivity index (χ2n) is 2.10. The topological polar surface area (TPSA) is 55.4 Å². The van der Waals surface area contributed by atoms with E-state index < -0.39 is 10.0 Å². The van der Waals surface area contributed by atoms with Gasteiger partial charge in [0.1, 0.15) is 0 Å². The minimum Gasteiger partial charge on any atom is -0.381 e. The monoisotopic (exact) mass is 215 g/mol. The van der Waals surface area contributed by atoms with Gasteiger partial charge in [0.2, 0.25) is 10.0 Å². The molecule has 0 aromatic heterocycles. The van der Waals surface area contributed by atoms with E-state index in [0.29, 0.717) is 6.61 Å². The van der Waals surface area contributed by atoms with E-state index in [4.69, 9.17) is 16.3 Å². The first-order chi connectivity index (χ1) is 5.62. The maximum atomic E-state index is 11.0. The van der Waals surface area contributed by atoms with Crippen molar-refractivity contribution in [2.24, 2.45) is 0 Å². The highest BCUT2D eigenvalue weighted by atomic mass is 35.5. The molecule has 0 radical (unpaired) electrons. The lowest BCUT2D eigenvalue weighted by Crippen LogP contribution is -2.29. The highest BCUT2D eigenvalue weighted by molar-refractivity contribution is 7.89. The number of rotatable bonds is 7. The molecule has 0 amide bonds. The molecule has 1 N–H and O–H groups in total. The van der Waals surface area contributed by atoms with Crippen LogP contribution in [-0.4, -0.2) is 39.8 Å². The van der Waals surface area contributed by atoms with Crippen LogP contribution < -0.4 is 4.72 Å². The van der Waals surface area contributed by atoms with Gasteiger partial charge < -0.3 is 4.74 Å². The van der Waals surface area contributed by atoms with Crippen LogP contribution in [0.25, 0.3) is 0 Å². The SMILES string of the molecule is CCOCCS(=O)(=O)NCCCl. The average Bonchev–Trinajstić information content (AvgIpc) is 2.01. The number of hydrogen-bond acceptors (Lipinski definition) is 3. The van der Waals surface area contributed by atoms with E-state index >= 15 is 0 Å². The van der Waals surface area contributed by atoms with Gasteiger partial charge in [-0.1, -0.05) is 0 Å². The molecule has 0 bridgehead atoms. The summed E-state index contributed by atoms with van der Waals surface area (Å²) in [5.41, 5.74) is 0. The second-order valence-corrected chi connectivity index (χ2v) is 4.40. The Morgan fingerprint density at radius 3 is 2.67 bits per heavy atom. The molecule has 0 aromatic carbocycles. The first-order valence-corrected chi connectivity index (χ1v) is 5.92. The summed E-state index contributed by atoms with van der Waals surface area (Å²) in [6, 6.07) is 0. The predicted octanol–water partition coefficient (Wildman–Crippen LogP) is 0.181. The standard InChI is InChI=1S/C6H14ClNO3S/c1-2-11-5-6-12(9,10)8-4-3-7/h8H,2-6H2,1H3. The van der Waals surface area contributed by atoms with Crippen molar-refractivity contribution in [1.29, 1.82) is 0 Å². The molecule has 0 aliphatic heterocycles. The molecule has 0 spiro atoms. The van der Waals surface area contributed by atoms with Gasteiger partial charge >= 0.3 is 0 Å². The van der Waals surface area contributed by atoms with Crippen LogP contribution in [0.3, 0.4) is 0 Å². The Balaban J connectivity index is 3.58. The summed E-state index contributed by atoms with van der Waals surface area (Å²) in [5.74, 6) is 0.283. The highest BCUT2D eigenvalue weighted by Crippen LogP contribution is 1.85. The third kappa shape index (κ3) is 6.84. The number of ether oxygens (including phenoxy) is 1. The molecule has 0 heterocycles. The summed E-state index contributed by atoms with van der Waals surface area (Å²) in [6.07, 6.45) is 0. The van der Waals surface area contributed by atoms with Gasteiger partial charge in [-0.05, 0) is 6.92 Å². The fourth-order valence-corrected chi connectivity index (χ4v) is 1.68. The normalized spacial score (nSPS) is 11.8. The van der Waals surface area contributed by atoms with Gasteiger partial charge in [-0.25, -0.2) is 13.1 Å². The summed E-state index contributed by atoms with van der Waals surface area (Å²) in [4.78, 5) is 0. The maximum Gasteiger partial charge on any atom is 0.213 e. The van der Waals surface area contributed by atoms with E-state index in [0.717, 1.165) is 0 Å². The van der Waals surface area contributed by atoms with Gasteiger partial charge in [0.05, 0.1) is 12.4 Å². The lowest BCUT2D eigenvalue weighted by molar-refractivity contribution is 0.163. The lowest BCUT2D eigenvalue weighted by atomic mass is 10.8. The zero-order valence-electron chi connectivity index (χ0n) is 7.05. The Kier molecular flexibility index (Phi) is 6.74. The van der Waals surface area contributed by atoms with Crippen LogP contribution in [0.15, 0.2) is 0 Å². The average molecular weight is 216 g/mol. The summed E-state index contributed by atoms with van der Waals surface area (Å²) in [6.45, 7) is 2.86. The molecular formula is C6H14ClNO3S. The van der Waals surface area contributed by atoms with Crippen molar-refractivity contribution in [2.45, 2.75) is 6.92 Å². The van der Waals surface area contributed by atoms with E-state index in [1.807, 2.05) is 6.92 Å². The Hall–Kier alpha value is 0.160.